The summed E-state index contributed by atoms with van der Waals surface area (Å²) >= 11 is 6.16. The highest BCUT2D eigenvalue weighted by Gasteiger charge is 2.28. The topological polar surface area (TPSA) is 105 Å². The Labute approximate surface area is 176 Å². The molecule has 4 aromatic rings. The van der Waals surface area contributed by atoms with E-state index in [1.165, 1.54) is 7.11 Å². The number of amides is 1. The average molecular weight is 421 g/mol. The number of carbonyl (C=O) groups excluding carboxylic acids is 1. The first-order chi connectivity index (χ1) is 14.6. The van der Waals surface area contributed by atoms with Crippen LogP contribution in [0.1, 0.15) is 16.1 Å². The lowest BCUT2D eigenvalue weighted by Crippen LogP contribution is -2.31. The van der Waals surface area contributed by atoms with Crippen molar-refractivity contribution in [2.75, 3.05) is 19.0 Å². The van der Waals surface area contributed by atoms with Gasteiger partial charge in [0.05, 0.1) is 30.3 Å². The number of hydrogen-bond donors (Lipinski definition) is 3. The minimum absolute atomic E-state index is 0.131. The quantitative estimate of drug-likeness (QED) is 0.465. The van der Waals surface area contributed by atoms with Crippen molar-refractivity contribution in [1.82, 2.24) is 25.3 Å². The fourth-order valence-corrected chi connectivity index (χ4v) is 3.83. The number of nitrogens with zero attached hydrogens (tertiary/aromatic N) is 3. The van der Waals surface area contributed by atoms with Crippen LogP contribution in [-0.4, -0.2) is 39.5 Å². The second-order valence-corrected chi connectivity index (χ2v) is 7.26. The van der Waals surface area contributed by atoms with Gasteiger partial charge in [-0.2, -0.15) is 4.98 Å². The molecule has 0 spiro atoms. The summed E-state index contributed by atoms with van der Waals surface area (Å²) < 4.78 is 5.20. The summed E-state index contributed by atoms with van der Waals surface area (Å²) in [5.74, 6) is -0.131. The van der Waals surface area contributed by atoms with Gasteiger partial charge in [0, 0.05) is 41.1 Å². The predicted molar refractivity (Wildman–Crippen MR) is 114 cm³/mol. The number of nitrogens with one attached hydrogen (secondary N) is 3. The van der Waals surface area contributed by atoms with E-state index in [0.29, 0.717) is 40.3 Å². The van der Waals surface area contributed by atoms with Crippen LogP contribution >= 0.6 is 11.6 Å². The molecule has 0 aliphatic carbocycles. The number of aromatic nitrogens is 4. The molecule has 3 N–H and O–H groups in total. The van der Waals surface area contributed by atoms with E-state index in [9.17, 15) is 4.79 Å². The van der Waals surface area contributed by atoms with E-state index in [-0.39, 0.29) is 11.9 Å². The number of aromatic amines is 1. The molecule has 4 heterocycles. The summed E-state index contributed by atoms with van der Waals surface area (Å²) in [6.07, 6.45) is 4.01. The Morgan fingerprint density at radius 2 is 2.13 bits per heavy atom. The summed E-state index contributed by atoms with van der Waals surface area (Å²) in [7, 11) is 1.51. The second kappa shape index (κ2) is 7.31. The van der Waals surface area contributed by atoms with E-state index >= 15 is 0 Å². The van der Waals surface area contributed by atoms with Crippen LogP contribution in [0, 0.1) is 0 Å². The van der Waals surface area contributed by atoms with Crippen molar-refractivity contribution in [2.45, 2.75) is 6.42 Å². The first-order valence-electron chi connectivity index (χ1n) is 9.36. The number of benzene rings is 1. The highest BCUT2D eigenvalue weighted by atomic mass is 35.5. The molecule has 30 heavy (non-hydrogen) atoms. The number of anilines is 2. The van der Waals surface area contributed by atoms with Gasteiger partial charge in [-0.1, -0.05) is 17.7 Å². The van der Waals surface area contributed by atoms with Gasteiger partial charge in [0.2, 0.25) is 0 Å². The van der Waals surface area contributed by atoms with Crippen LogP contribution in [0.5, 0.6) is 6.01 Å². The number of halogens is 1. The number of hydrogen-bond acceptors (Lipinski definition) is 6. The number of methoxy groups -OCH3 is 1. The molecule has 8 nitrogen and oxygen atoms in total. The largest absolute Gasteiger partial charge is 0.467 e. The van der Waals surface area contributed by atoms with Gasteiger partial charge >= 0.3 is 6.01 Å². The molecule has 0 atom stereocenters. The molecule has 0 radical (unpaired) electrons. The molecule has 150 valence electrons. The summed E-state index contributed by atoms with van der Waals surface area (Å²) in [5.41, 5.74) is 5.66. The van der Waals surface area contributed by atoms with Crippen LogP contribution in [-0.2, 0) is 6.42 Å². The number of fused-ring (bicyclic) bond motifs is 2. The molecular weight excluding hydrogens is 404 g/mol. The molecule has 0 bridgehead atoms. The van der Waals surface area contributed by atoms with Crippen molar-refractivity contribution >= 4 is 39.9 Å². The van der Waals surface area contributed by atoms with Crippen LogP contribution in [0.15, 0.2) is 42.7 Å². The Morgan fingerprint density at radius 3 is 2.97 bits per heavy atom. The molecule has 9 heteroatoms. The van der Waals surface area contributed by atoms with E-state index < -0.39 is 0 Å². The summed E-state index contributed by atoms with van der Waals surface area (Å²) in [4.78, 5) is 29.1. The zero-order valence-corrected chi connectivity index (χ0v) is 16.7. The van der Waals surface area contributed by atoms with Gasteiger partial charge in [-0.15, -0.1) is 0 Å². The Bertz CT molecular complexity index is 1290. The van der Waals surface area contributed by atoms with Gasteiger partial charge in [0.1, 0.15) is 11.0 Å². The van der Waals surface area contributed by atoms with Gasteiger partial charge in [0.25, 0.3) is 5.91 Å². The molecule has 0 saturated heterocycles. The standard InChI is InChI=1S/C21H17ClN6O2/c1-30-21-25-10-15-17(28-21)13(5-7-23-15)18-19(26-12-4-2-3-11(22)9-12)16-14(27-18)6-8-24-20(16)29/h2-5,7,9-10,26-27H,6,8H2,1H3,(H,24,29). The first kappa shape index (κ1) is 18.4. The minimum atomic E-state index is -0.131. The molecule has 0 saturated carbocycles. The zero-order chi connectivity index (χ0) is 20.7. The lowest BCUT2D eigenvalue weighted by molar-refractivity contribution is 0.0947. The van der Waals surface area contributed by atoms with Gasteiger partial charge in [0.15, 0.2) is 0 Å². The number of rotatable bonds is 4. The minimum Gasteiger partial charge on any atom is -0.467 e. The predicted octanol–water partition coefficient (Wildman–Crippen LogP) is 3.71. The highest BCUT2D eigenvalue weighted by molar-refractivity contribution is 6.30. The van der Waals surface area contributed by atoms with Crippen LogP contribution in [0.3, 0.4) is 0 Å². The Morgan fingerprint density at radius 1 is 1.23 bits per heavy atom. The molecule has 1 amide bonds. The van der Waals surface area contributed by atoms with Crippen molar-refractivity contribution < 1.29 is 9.53 Å². The van der Waals surface area contributed by atoms with Gasteiger partial charge in [-0.25, -0.2) is 4.98 Å². The van der Waals surface area contributed by atoms with Crippen molar-refractivity contribution in [2.24, 2.45) is 0 Å². The van der Waals surface area contributed by atoms with Gasteiger partial charge < -0.3 is 20.4 Å². The van der Waals surface area contributed by atoms with E-state index in [4.69, 9.17) is 16.3 Å². The lowest BCUT2D eigenvalue weighted by Gasteiger charge is -2.15. The van der Waals surface area contributed by atoms with E-state index in [1.54, 1.807) is 24.5 Å². The third-order valence-corrected chi connectivity index (χ3v) is 5.20. The molecule has 0 unspecified atom stereocenters. The van der Waals surface area contributed by atoms with Crippen molar-refractivity contribution in [1.29, 1.82) is 0 Å². The molecule has 3 aromatic heterocycles. The Balaban J connectivity index is 1.75. The lowest BCUT2D eigenvalue weighted by atomic mass is 10.0. The maximum Gasteiger partial charge on any atom is 0.316 e. The van der Waals surface area contributed by atoms with E-state index in [0.717, 1.165) is 22.6 Å². The molecular formula is C21H17ClN6O2. The summed E-state index contributed by atoms with van der Waals surface area (Å²) in [6.45, 7) is 0.579. The second-order valence-electron chi connectivity index (χ2n) is 6.82. The third kappa shape index (κ3) is 3.11. The number of ether oxygens (including phenoxy) is 1. The molecule has 0 fully saturated rings. The van der Waals surface area contributed by atoms with E-state index in [2.05, 4.69) is 30.6 Å². The molecule has 1 aromatic carbocycles. The maximum atomic E-state index is 12.7. The van der Waals surface area contributed by atoms with Crippen LogP contribution < -0.4 is 15.4 Å². The SMILES string of the molecule is COc1ncc2nccc(-c3[nH]c4c(c3Nc3cccc(Cl)c3)C(=O)NCC4)c2n1. The van der Waals surface area contributed by atoms with Crippen LogP contribution in [0.2, 0.25) is 5.02 Å². The number of H-pyrrole nitrogens is 1. The van der Waals surface area contributed by atoms with Crippen LogP contribution in [0.25, 0.3) is 22.3 Å². The molecule has 1 aliphatic heterocycles. The summed E-state index contributed by atoms with van der Waals surface area (Å²) in [6, 6.07) is 9.45. The van der Waals surface area contributed by atoms with Gasteiger partial charge in [-0.3, -0.25) is 9.78 Å². The number of pyridine rings is 1. The third-order valence-electron chi connectivity index (χ3n) is 4.97. The van der Waals surface area contributed by atoms with Crippen molar-refractivity contribution in [3.63, 3.8) is 0 Å². The number of carbonyl (C=O) groups is 1. The first-order valence-corrected chi connectivity index (χ1v) is 9.73. The zero-order valence-electron chi connectivity index (χ0n) is 16.0. The van der Waals surface area contributed by atoms with Crippen LogP contribution in [0.4, 0.5) is 11.4 Å². The highest BCUT2D eigenvalue weighted by Crippen LogP contribution is 2.39. The Hall–Kier alpha value is -3.65. The average Bonchev–Trinajstić information content (AvgIpc) is 3.12. The van der Waals surface area contributed by atoms with Gasteiger partial charge in [-0.05, 0) is 24.3 Å². The van der Waals surface area contributed by atoms with E-state index in [1.807, 2.05) is 18.2 Å². The Kier molecular flexibility index (Phi) is 4.48. The monoisotopic (exact) mass is 420 g/mol. The molecule has 1 aliphatic rings. The van der Waals surface area contributed by atoms with Crippen molar-refractivity contribution in [3.8, 4) is 17.3 Å². The van der Waals surface area contributed by atoms with Crippen molar-refractivity contribution in [3.05, 3.63) is 59.0 Å². The smallest absolute Gasteiger partial charge is 0.316 e. The fourth-order valence-electron chi connectivity index (χ4n) is 3.64. The summed E-state index contributed by atoms with van der Waals surface area (Å²) in [5, 5.41) is 6.88. The maximum absolute atomic E-state index is 12.7. The molecule has 5 rings (SSSR count). The fraction of sp³-hybridized carbons (Fsp3) is 0.143. The normalized spacial score (nSPS) is 13.1.